The van der Waals surface area contributed by atoms with E-state index in [-0.39, 0.29) is 18.6 Å². The first kappa shape index (κ1) is 21.7. The van der Waals surface area contributed by atoms with Gasteiger partial charge in [-0.3, -0.25) is 15.0 Å². The number of amides is 2. The Morgan fingerprint density at radius 3 is 2.44 bits per heavy atom. The van der Waals surface area contributed by atoms with Gasteiger partial charge in [-0.1, -0.05) is 37.4 Å². The van der Waals surface area contributed by atoms with Crippen LogP contribution in [-0.2, 0) is 22.4 Å². The third-order valence-electron chi connectivity index (χ3n) is 6.08. The summed E-state index contributed by atoms with van der Waals surface area (Å²) in [5, 5.41) is 2.84. The molecule has 0 saturated heterocycles. The Morgan fingerprint density at radius 1 is 1.03 bits per heavy atom. The number of benzene rings is 2. The van der Waals surface area contributed by atoms with E-state index in [9.17, 15) is 9.59 Å². The van der Waals surface area contributed by atoms with E-state index in [1.165, 1.54) is 0 Å². The lowest BCUT2D eigenvalue weighted by atomic mass is 10.0. The minimum Gasteiger partial charge on any atom is -0.446 e. The Morgan fingerprint density at radius 2 is 1.72 bits per heavy atom. The molecule has 1 heterocycles. The maximum absolute atomic E-state index is 13.4. The minimum absolute atomic E-state index is 0.00966. The highest BCUT2D eigenvalue weighted by Crippen LogP contribution is 2.38. The monoisotopic (exact) mass is 431 g/mol. The average molecular weight is 432 g/mol. The highest BCUT2D eigenvalue weighted by molar-refractivity contribution is 6.04. The van der Waals surface area contributed by atoms with Gasteiger partial charge in [0.1, 0.15) is 12.6 Å². The Bertz CT molecular complexity index is 1020. The lowest BCUT2D eigenvalue weighted by molar-refractivity contribution is -0.118. The van der Waals surface area contributed by atoms with Gasteiger partial charge in [0.25, 0.3) is 5.91 Å². The van der Waals surface area contributed by atoms with Crippen molar-refractivity contribution >= 4 is 29.1 Å². The first-order valence-electron chi connectivity index (χ1n) is 11.1. The van der Waals surface area contributed by atoms with Crippen LogP contribution in [0.4, 0.5) is 21.9 Å². The van der Waals surface area contributed by atoms with E-state index in [2.05, 4.69) is 24.5 Å². The van der Waals surface area contributed by atoms with Crippen LogP contribution in [0.5, 0.6) is 0 Å². The molecular formula is C26H29N3O3. The van der Waals surface area contributed by atoms with Gasteiger partial charge in [0.2, 0.25) is 0 Å². The van der Waals surface area contributed by atoms with Gasteiger partial charge in [0.15, 0.2) is 0 Å². The summed E-state index contributed by atoms with van der Waals surface area (Å²) in [6, 6.07) is 13.6. The number of nitrogens with zero attached hydrogens (tertiary/aromatic N) is 2. The molecule has 4 rings (SSSR count). The molecule has 2 aromatic carbocycles. The summed E-state index contributed by atoms with van der Waals surface area (Å²) in [6.07, 6.45) is 8.35. The number of carbonyl (C=O) groups is 2. The molecule has 1 fully saturated rings. The van der Waals surface area contributed by atoms with E-state index < -0.39 is 6.09 Å². The molecule has 1 saturated carbocycles. The molecule has 6 nitrogen and oxygen atoms in total. The average Bonchev–Trinajstić information content (AvgIpc) is 3.24. The summed E-state index contributed by atoms with van der Waals surface area (Å²) in [7, 11) is 0. The summed E-state index contributed by atoms with van der Waals surface area (Å²) >= 11 is 0. The molecule has 2 aromatic rings. The van der Waals surface area contributed by atoms with Gasteiger partial charge in [-0.15, -0.1) is 0 Å². The summed E-state index contributed by atoms with van der Waals surface area (Å²) in [5.74, 6) is -0.105. The van der Waals surface area contributed by atoms with Crippen molar-refractivity contribution in [1.29, 1.82) is 0 Å². The molecule has 32 heavy (non-hydrogen) atoms. The fourth-order valence-electron chi connectivity index (χ4n) is 4.40. The van der Waals surface area contributed by atoms with Crippen LogP contribution >= 0.6 is 0 Å². The molecule has 1 N–H and O–H groups in total. The number of hydrogen-bond acceptors (Lipinski definition) is 4. The van der Waals surface area contributed by atoms with Crippen molar-refractivity contribution < 1.29 is 14.3 Å². The van der Waals surface area contributed by atoms with E-state index in [0.717, 1.165) is 61.0 Å². The molecule has 6 heteroatoms. The van der Waals surface area contributed by atoms with Crippen LogP contribution in [0, 0.1) is 0 Å². The number of hydrogen-bond donors (Lipinski definition) is 1. The highest BCUT2D eigenvalue weighted by Gasteiger charge is 2.27. The van der Waals surface area contributed by atoms with Crippen molar-refractivity contribution in [3.63, 3.8) is 0 Å². The van der Waals surface area contributed by atoms with Crippen molar-refractivity contribution in [1.82, 2.24) is 4.90 Å². The molecule has 2 aliphatic rings. The zero-order valence-corrected chi connectivity index (χ0v) is 18.3. The number of carbonyl (C=O) groups excluding carboxylic acids is 2. The second-order valence-corrected chi connectivity index (χ2v) is 8.18. The number of rotatable bonds is 6. The van der Waals surface area contributed by atoms with Crippen LogP contribution < -0.4 is 10.2 Å². The number of aryl methyl sites for hydroxylation is 2. The Labute approximate surface area is 189 Å². The van der Waals surface area contributed by atoms with Crippen molar-refractivity contribution in [2.24, 2.45) is 0 Å². The number of nitrogens with one attached hydrogen (secondary N) is 1. The minimum atomic E-state index is -0.451. The van der Waals surface area contributed by atoms with Crippen molar-refractivity contribution in [2.45, 2.75) is 44.6 Å². The quantitative estimate of drug-likeness (QED) is 0.653. The smallest absolute Gasteiger partial charge is 0.411 e. The normalized spacial score (nSPS) is 15.2. The second-order valence-electron chi connectivity index (χ2n) is 8.18. The van der Waals surface area contributed by atoms with Crippen LogP contribution in [0.15, 0.2) is 68.0 Å². The summed E-state index contributed by atoms with van der Waals surface area (Å²) in [5.41, 5.74) is 4.39. The van der Waals surface area contributed by atoms with E-state index in [4.69, 9.17) is 4.74 Å². The Hall–Kier alpha value is -3.54. The first-order chi connectivity index (χ1) is 15.6. The van der Waals surface area contributed by atoms with Gasteiger partial charge in [-0.2, -0.15) is 0 Å². The molecule has 0 aromatic heterocycles. The molecule has 2 amide bonds. The summed E-state index contributed by atoms with van der Waals surface area (Å²) in [4.78, 5) is 29.2. The number of ether oxygens (including phenoxy) is 1. The van der Waals surface area contributed by atoms with Crippen LogP contribution in [0.1, 0.15) is 36.8 Å². The highest BCUT2D eigenvalue weighted by atomic mass is 16.6. The topological polar surface area (TPSA) is 61.9 Å². The summed E-state index contributed by atoms with van der Waals surface area (Å²) in [6.45, 7) is 7.61. The predicted molar refractivity (Wildman–Crippen MR) is 127 cm³/mol. The lowest BCUT2D eigenvalue weighted by Gasteiger charge is -2.27. The maximum Gasteiger partial charge on any atom is 0.411 e. The standard InChI is InChI=1S/C26H29N3O3/c1-3-28(4-2)18-25(30)29-23-12-8-5-9-19(23)13-14-20-15-16-21(17-24(20)29)27-26(31)32-22-10-6-7-11-22/h3-5,8-9,12,15-17,22H,1-2,6-7,10-11,13-14,18H2,(H,27,31). The third-order valence-corrected chi connectivity index (χ3v) is 6.08. The van der Waals surface area contributed by atoms with E-state index in [1.807, 2.05) is 36.4 Å². The molecular weight excluding hydrogens is 402 g/mol. The molecule has 0 bridgehead atoms. The molecule has 1 aliphatic carbocycles. The largest absolute Gasteiger partial charge is 0.446 e. The van der Waals surface area contributed by atoms with Gasteiger partial charge in [0, 0.05) is 5.69 Å². The summed E-state index contributed by atoms with van der Waals surface area (Å²) < 4.78 is 5.54. The SMILES string of the molecule is C=CN(C=C)CC(=O)N1c2ccccc2CCc2ccc(NC(=O)OC3CCCC3)cc21. The lowest BCUT2D eigenvalue weighted by Crippen LogP contribution is -2.34. The van der Waals surface area contributed by atoms with E-state index >= 15 is 0 Å². The van der Waals surface area contributed by atoms with Gasteiger partial charge < -0.3 is 9.64 Å². The molecule has 0 radical (unpaired) electrons. The number of para-hydroxylation sites is 1. The zero-order valence-electron chi connectivity index (χ0n) is 18.3. The molecule has 0 unspecified atom stereocenters. The second kappa shape index (κ2) is 9.73. The van der Waals surface area contributed by atoms with Crippen LogP contribution in [-0.4, -0.2) is 29.5 Å². The van der Waals surface area contributed by atoms with Crippen LogP contribution in [0.3, 0.4) is 0 Å². The Balaban J connectivity index is 1.65. The Kier molecular flexibility index (Phi) is 6.59. The molecule has 0 atom stereocenters. The van der Waals surface area contributed by atoms with Gasteiger partial charge in [-0.05, 0) is 80.3 Å². The van der Waals surface area contributed by atoms with Crippen LogP contribution in [0.2, 0.25) is 0 Å². The number of anilines is 3. The fraction of sp³-hybridized carbons (Fsp3) is 0.308. The van der Waals surface area contributed by atoms with E-state index in [1.54, 1.807) is 22.2 Å². The fourth-order valence-corrected chi connectivity index (χ4v) is 4.40. The van der Waals surface area contributed by atoms with Crippen molar-refractivity contribution in [2.75, 3.05) is 16.8 Å². The number of fused-ring (bicyclic) bond motifs is 2. The van der Waals surface area contributed by atoms with E-state index in [0.29, 0.717) is 5.69 Å². The van der Waals surface area contributed by atoms with Gasteiger partial charge in [-0.25, -0.2) is 4.79 Å². The zero-order chi connectivity index (χ0) is 22.5. The molecule has 0 spiro atoms. The maximum atomic E-state index is 13.4. The first-order valence-corrected chi connectivity index (χ1v) is 11.1. The van der Waals surface area contributed by atoms with Gasteiger partial charge >= 0.3 is 6.09 Å². The molecule has 166 valence electrons. The molecule has 1 aliphatic heterocycles. The van der Waals surface area contributed by atoms with Crippen LogP contribution in [0.25, 0.3) is 0 Å². The van der Waals surface area contributed by atoms with Crippen molar-refractivity contribution in [3.05, 3.63) is 79.1 Å². The van der Waals surface area contributed by atoms with Crippen molar-refractivity contribution in [3.8, 4) is 0 Å². The predicted octanol–water partition coefficient (Wildman–Crippen LogP) is 5.53. The third kappa shape index (κ3) is 4.69. The van der Waals surface area contributed by atoms with Gasteiger partial charge in [0.05, 0.1) is 11.4 Å².